The molecule has 2 aliphatic heterocycles. The largest absolute Gasteiger partial charge is 0.381 e. The summed E-state index contributed by atoms with van der Waals surface area (Å²) in [5.74, 6) is 0.816. The zero-order chi connectivity index (χ0) is 26.3. The normalized spacial score (nSPS) is 22.1. The molecule has 2 unspecified atom stereocenters. The van der Waals surface area contributed by atoms with E-state index in [0.29, 0.717) is 17.6 Å². The van der Waals surface area contributed by atoms with Crippen molar-refractivity contribution >= 4 is 20.6 Å². The van der Waals surface area contributed by atoms with E-state index in [2.05, 4.69) is 23.7 Å². The third-order valence-electron chi connectivity index (χ3n) is 8.50. The van der Waals surface area contributed by atoms with Crippen molar-refractivity contribution in [2.24, 2.45) is 11.8 Å². The van der Waals surface area contributed by atoms with Gasteiger partial charge in [-0.15, -0.1) is 0 Å². The van der Waals surface area contributed by atoms with Crippen LogP contribution in [-0.2, 0) is 20.9 Å². The minimum atomic E-state index is -3.18. The number of benzene rings is 1. The number of aryl methyl sites for hydroxylation is 1. The summed E-state index contributed by atoms with van der Waals surface area (Å²) in [6.45, 7) is 12.0. The lowest BCUT2D eigenvalue weighted by Gasteiger charge is -2.34. The number of nitrogens with one attached hydrogen (secondary N) is 1. The summed E-state index contributed by atoms with van der Waals surface area (Å²) in [6.07, 6.45) is 10.3. The van der Waals surface area contributed by atoms with E-state index in [1.807, 2.05) is 23.2 Å². The van der Waals surface area contributed by atoms with Gasteiger partial charge in [0.05, 0.1) is 32.0 Å². The highest BCUT2D eigenvalue weighted by molar-refractivity contribution is 7.93. The lowest BCUT2D eigenvalue weighted by Crippen LogP contribution is -2.39. The van der Waals surface area contributed by atoms with Crippen molar-refractivity contribution in [3.05, 3.63) is 53.7 Å². The molecule has 3 atom stereocenters. The summed E-state index contributed by atoms with van der Waals surface area (Å²) < 4.78 is 43.6. The van der Waals surface area contributed by atoms with Gasteiger partial charge in [0, 0.05) is 48.8 Å². The fourth-order valence-corrected chi connectivity index (χ4v) is 7.47. The Morgan fingerprint density at radius 3 is 2.68 bits per heavy atom. The van der Waals surface area contributed by atoms with E-state index in [4.69, 9.17) is 9.52 Å². The molecule has 4 heterocycles. The van der Waals surface area contributed by atoms with Gasteiger partial charge in [-0.1, -0.05) is 0 Å². The van der Waals surface area contributed by atoms with Crippen LogP contribution in [0, 0.1) is 29.4 Å². The first-order chi connectivity index (χ1) is 17.7. The Kier molecular flexibility index (Phi) is 7.44. The van der Waals surface area contributed by atoms with E-state index in [1.165, 1.54) is 24.1 Å². The van der Waals surface area contributed by atoms with E-state index < -0.39 is 20.8 Å². The third kappa shape index (κ3) is 5.08. The van der Waals surface area contributed by atoms with Crippen LogP contribution in [-0.4, -0.2) is 56.3 Å². The number of rotatable bonds is 7. The predicted octanol–water partition coefficient (Wildman–Crippen LogP) is 5.97. The highest BCUT2D eigenvalue weighted by Crippen LogP contribution is 2.34. The van der Waals surface area contributed by atoms with Crippen molar-refractivity contribution in [2.75, 3.05) is 26.3 Å². The van der Waals surface area contributed by atoms with Crippen molar-refractivity contribution in [1.82, 2.24) is 14.5 Å². The summed E-state index contributed by atoms with van der Waals surface area (Å²) in [6, 6.07) is 4.86. The van der Waals surface area contributed by atoms with Crippen molar-refractivity contribution in [2.45, 2.75) is 69.6 Å². The van der Waals surface area contributed by atoms with Crippen molar-refractivity contribution < 1.29 is 13.3 Å². The SMILES string of the molecule is Cc1cn(-c2ccc(F)cc2S(=N)(=O)C(C)C)c2cncc(CC3CCN([C@@H](C)C4CCOCC4)C3)c12. The highest BCUT2D eigenvalue weighted by Gasteiger charge is 2.32. The molecule has 0 radical (unpaired) electrons. The van der Waals surface area contributed by atoms with Crippen LogP contribution in [0.25, 0.3) is 16.6 Å². The number of halogens is 1. The molecule has 5 rings (SSSR count). The van der Waals surface area contributed by atoms with Gasteiger partial charge in [0.2, 0.25) is 0 Å². The van der Waals surface area contributed by atoms with Gasteiger partial charge >= 0.3 is 0 Å². The summed E-state index contributed by atoms with van der Waals surface area (Å²) in [5, 5.41) is 0.723. The van der Waals surface area contributed by atoms with Crippen LogP contribution in [0.3, 0.4) is 0 Å². The Hall–Kier alpha value is -2.29. The number of pyridine rings is 1. The molecule has 6 nitrogen and oxygen atoms in total. The number of hydrogen-bond acceptors (Lipinski definition) is 5. The van der Waals surface area contributed by atoms with E-state index in [-0.39, 0.29) is 4.90 Å². The minimum absolute atomic E-state index is 0.235. The van der Waals surface area contributed by atoms with E-state index in [1.54, 1.807) is 19.9 Å². The maximum Gasteiger partial charge on any atom is 0.124 e. The second kappa shape index (κ2) is 10.5. The monoisotopic (exact) mass is 526 g/mol. The quantitative estimate of drug-likeness (QED) is 0.412. The zero-order valence-corrected chi connectivity index (χ0v) is 23.2. The van der Waals surface area contributed by atoms with Gasteiger partial charge in [-0.3, -0.25) is 4.98 Å². The Morgan fingerprint density at radius 1 is 1.19 bits per heavy atom. The number of aromatic nitrogens is 2. The smallest absolute Gasteiger partial charge is 0.124 e. The molecular formula is C29H39FN4O2S. The van der Waals surface area contributed by atoms with Gasteiger partial charge in [-0.2, -0.15) is 0 Å². The number of nitrogens with zero attached hydrogens (tertiary/aromatic N) is 3. The second-order valence-corrected chi connectivity index (χ2v) is 13.8. The average molecular weight is 527 g/mol. The lowest BCUT2D eigenvalue weighted by atomic mass is 9.92. The number of likely N-dealkylation sites (tertiary alicyclic amines) is 1. The van der Waals surface area contributed by atoms with Gasteiger partial charge < -0.3 is 14.2 Å². The van der Waals surface area contributed by atoms with Gasteiger partial charge in [-0.05, 0) is 101 Å². The number of hydrogen-bond donors (Lipinski definition) is 1. The first-order valence-corrected chi connectivity index (χ1v) is 15.1. The molecule has 0 spiro atoms. The molecule has 0 bridgehead atoms. The van der Waals surface area contributed by atoms with Gasteiger partial charge in [-0.25, -0.2) is 13.4 Å². The average Bonchev–Trinajstić information content (AvgIpc) is 3.49. The predicted molar refractivity (Wildman–Crippen MR) is 146 cm³/mol. The van der Waals surface area contributed by atoms with E-state index >= 15 is 0 Å². The molecule has 2 aromatic heterocycles. The highest BCUT2D eigenvalue weighted by atomic mass is 32.2. The van der Waals surface area contributed by atoms with Crippen LogP contribution in [0.4, 0.5) is 4.39 Å². The maximum absolute atomic E-state index is 14.2. The van der Waals surface area contributed by atoms with Crippen LogP contribution >= 0.6 is 0 Å². The first kappa shape index (κ1) is 26.3. The molecule has 2 aliphatic rings. The topological polar surface area (TPSA) is 71.2 Å². The summed E-state index contributed by atoms with van der Waals surface area (Å²) >= 11 is 0. The Balaban J connectivity index is 1.44. The first-order valence-electron chi connectivity index (χ1n) is 13.5. The molecule has 3 aromatic rings. The van der Waals surface area contributed by atoms with Crippen LogP contribution in [0.1, 0.15) is 51.2 Å². The molecule has 2 fully saturated rings. The van der Waals surface area contributed by atoms with Crippen LogP contribution in [0.2, 0.25) is 0 Å². The fourth-order valence-electron chi connectivity index (χ4n) is 6.20. The van der Waals surface area contributed by atoms with Crippen LogP contribution in [0.5, 0.6) is 0 Å². The van der Waals surface area contributed by atoms with Crippen LogP contribution in [0.15, 0.2) is 41.7 Å². The van der Waals surface area contributed by atoms with E-state index in [9.17, 15) is 8.60 Å². The maximum atomic E-state index is 14.2. The molecule has 2 saturated heterocycles. The molecule has 200 valence electrons. The van der Waals surface area contributed by atoms with Crippen molar-refractivity contribution in [1.29, 1.82) is 4.78 Å². The van der Waals surface area contributed by atoms with Gasteiger partial charge in [0.1, 0.15) is 5.82 Å². The van der Waals surface area contributed by atoms with E-state index in [0.717, 1.165) is 68.0 Å². The van der Waals surface area contributed by atoms with Crippen molar-refractivity contribution in [3.63, 3.8) is 0 Å². The van der Waals surface area contributed by atoms with Crippen LogP contribution < -0.4 is 0 Å². The second-order valence-electron chi connectivity index (χ2n) is 11.2. The lowest BCUT2D eigenvalue weighted by molar-refractivity contribution is 0.0348. The van der Waals surface area contributed by atoms with Gasteiger partial charge in [0.25, 0.3) is 0 Å². The summed E-state index contributed by atoms with van der Waals surface area (Å²) in [7, 11) is -3.18. The molecule has 8 heteroatoms. The number of ether oxygens (including phenoxy) is 1. The molecular weight excluding hydrogens is 487 g/mol. The molecule has 1 aromatic carbocycles. The minimum Gasteiger partial charge on any atom is -0.381 e. The summed E-state index contributed by atoms with van der Waals surface area (Å²) in [4.78, 5) is 7.48. The Labute approximate surface area is 220 Å². The summed E-state index contributed by atoms with van der Waals surface area (Å²) in [5.41, 5.74) is 3.82. The Bertz CT molecular complexity index is 1380. The molecule has 1 N–H and O–H groups in total. The Morgan fingerprint density at radius 2 is 1.95 bits per heavy atom. The van der Waals surface area contributed by atoms with Gasteiger partial charge in [0.15, 0.2) is 0 Å². The zero-order valence-electron chi connectivity index (χ0n) is 22.4. The molecule has 0 amide bonds. The third-order valence-corrected chi connectivity index (χ3v) is 10.8. The fraction of sp³-hybridized carbons (Fsp3) is 0.552. The molecule has 0 aliphatic carbocycles. The molecule has 0 saturated carbocycles. The molecule has 37 heavy (non-hydrogen) atoms. The number of fused-ring (bicyclic) bond motifs is 1. The standard InChI is InChI=1S/C29H39FN4O2S/c1-19(2)37(31,35)28-14-25(30)5-6-26(28)34-17-20(3)29-24(15-32-16-27(29)34)13-22-7-10-33(18-22)21(4)23-8-11-36-12-9-23/h5-6,14-17,19,21-23,31H,7-13,18H2,1-4H3/t21-,22?,37?/m0/s1. The van der Waals surface area contributed by atoms with Crippen molar-refractivity contribution in [3.8, 4) is 5.69 Å².